The van der Waals surface area contributed by atoms with Crippen molar-refractivity contribution in [1.29, 1.82) is 0 Å². The van der Waals surface area contributed by atoms with Gasteiger partial charge in [-0.1, -0.05) is 80.6 Å². The van der Waals surface area contributed by atoms with Crippen molar-refractivity contribution in [3.63, 3.8) is 0 Å². The van der Waals surface area contributed by atoms with Crippen LogP contribution in [-0.4, -0.2) is 37.1 Å². The van der Waals surface area contributed by atoms with Gasteiger partial charge in [-0.05, 0) is 89.6 Å². The van der Waals surface area contributed by atoms with Crippen LogP contribution in [0.1, 0.15) is 64.5 Å². The summed E-state index contributed by atoms with van der Waals surface area (Å²) in [6.07, 6.45) is 11.4. The fourth-order valence-corrected chi connectivity index (χ4v) is 8.45. The molecule has 0 amide bonds. The van der Waals surface area contributed by atoms with E-state index in [-0.39, 0.29) is 10.8 Å². The van der Waals surface area contributed by atoms with Gasteiger partial charge in [0, 0.05) is 48.9 Å². The van der Waals surface area contributed by atoms with Gasteiger partial charge in [0.25, 0.3) is 0 Å². The number of anilines is 1. The van der Waals surface area contributed by atoms with Gasteiger partial charge >= 0.3 is 0 Å². The average Bonchev–Trinajstić information content (AvgIpc) is 3.35. The second-order valence-electron chi connectivity index (χ2n) is 13.8. The molecule has 0 N–H and O–H groups in total. The Morgan fingerprint density at radius 1 is 0.773 bits per heavy atom. The molecule has 0 aromatic heterocycles. The Balaban J connectivity index is 1.20. The number of rotatable bonds is 3. The molecule has 0 saturated heterocycles. The first-order valence-corrected chi connectivity index (χ1v) is 16.1. The van der Waals surface area contributed by atoms with Gasteiger partial charge in [0.05, 0.1) is 11.1 Å². The monoisotopic (exact) mass is 578 g/mol. The van der Waals surface area contributed by atoms with Crippen LogP contribution in [0.2, 0.25) is 0 Å². The molecule has 0 unspecified atom stereocenters. The van der Waals surface area contributed by atoms with Crippen LogP contribution in [0.15, 0.2) is 113 Å². The van der Waals surface area contributed by atoms with E-state index in [2.05, 4.69) is 142 Å². The fraction of sp³-hybridized carbons (Fsp3) is 0.317. The van der Waals surface area contributed by atoms with Crippen molar-refractivity contribution in [2.45, 2.75) is 64.2 Å². The van der Waals surface area contributed by atoms with Crippen molar-refractivity contribution < 1.29 is 4.58 Å². The minimum atomic E-state index is -0.0900. The molecule has 4 aromatic rings. The van der Waals surface area contributed by atoms with Crippen molar-refractivity contribution in [3.8, 4) is 0 Å². The first kappa shape index (κ1) is 28.5. The molecule has 2 heterocycles. The molecule has 1 aliphatic carbocycles. The maximum atomic E-state index is 4.89. The summed E-state index contributed by atoms with van der Waals surface area (Å²) in [6, 6.07) is 26.7. The molecule has 44 heavy (non-hydrogen) atoms. The van der Waals surface area contributed by atoms with Gasteiger partial charge in [-0.15, -0.1) is 0 Å². The van der Waals surface area contributed by atoms with Gasteiger partial charge < -0.3 is 4.90 Å². The van der Waals surface area contributed by atoms with E-state index < -0.39 is 0 Å². The zero-order valence-corrected chi connectivity index (χ0v) is 27.3. The summed E-state index contributed by atoms with van der Waals surface area (Å²) in [5.74, 6) is 0. The van der Waals surface area contributed by atoms with Crippen LogP contribution in [0.25, 0.3) is 21.5 Å². The van der Waals surface area contributed by atoms with E-state index in [0.29, 0.717) is 0 Å². The van der Waals surface area contributed by atoms with Crippen LogP contribution >= 0.6 is 0 Å². The molecule has 4 aromatic carbocycles. The van der Waals surface area contributed by atoms with E-state index in [1.54, 1.807) is 0 Å². The highest BCUT2D eigenvalue weighted by atomic mass is 15.2. The van der Waals surface area contributed by atoms with Crippen molar-refractivity contribution in [2.75, 3.05) is 26.0 Å². The third kappa shape index (κ3) is 4.24. The van der Waals surface area contributed by atoms with Gasteiger partial charge in [-0.2, -0.15) is 0 Å². The number of hydrogen-bond acceptors (Lipinski definition) is 2. The second kappa shape index (κ2) is 10.4. The smallest absolute Gasteiger partial charge is 0.209 e. The van der Waals surface area contributed by atoms with E-state index >= 15 is 0 Å². The predicted molar refractivity (Wildman–Crippen MR) is 189 cm³/mol. The molecule has 222 valence electrons. The third-order valence-corrected chi connectivity index (χ3v) is 10.6. The van der Waals surface area contributed by atoms with Crippen molar-refractivity contribution >= 4 is 44.3 Å². The number of likely N-dealkylation sites (N-methyl/N-ethyl adjacent to an activating group) is 1. The Kier molecular flexibility index (Phi) is 6.77. The molecule has 0 radical (unpaired) electrons. The fourth-order valence-electron chi connectivity index (χ4n) is 8.45. The molecule has 0 bridgehead atoms. The highest BCUT2D eigenvalue weighted by Crippen LogP contribution is 2.50. The Hall–Kier alpha value is -4.24. The van der Waals surface area contributed by atoms with Crippen LogP contribution in [-0.2, 0) is 10.8 Å². The number of allylic oxidation sites excluding steroid dienone is 6. The summed E-state index contributed by atoms with van der Waals surface area (Å²) < 4.78 is 2.44. The molecule has 1 saturated carbocycles. The lowest BCUT2D eigenvalue weighted by atomic mass is 9.77. The van der Waals surface area contributed by atoms with Gasteiger partial charge in [-0.25, -0.2) is 4.58 Å². The number of hydrogen-bond donors (Lipinski definition) is 0. The van der Waals surface area contributed by atoms with Gasteiger partial charge in [0.1, 0.15) is 7.05 Å². The standard InChI is InChI=1S/C41H44N3/c1-40(2)35(43(6)33-23-19-27-13-8-10-17-31(27)37(33)40)25-21-29-15-12-16-30(39(29)42-5)22-26-36-41(3,4)38-32-18-11-9-14-28(32)20-24-34(38)44(36)7/h8-11,13-14,17-25H,12,15-16,26H2,1-7H3/q+1/b29-21+,30-22?,35-25+,42-39?. The predicted octanol–water partition coefficient (Wildman–Crippen LogP) is 9.81. The lowest BCUT2D eigenvalue weighted by Crippen LogP contribution is -2.28. The molecule has 3 heteroatoms. The third-order valence-electron chi connectivity index (χ3n) is 10.6. The van der Waals surface area contributed by atoms with Crippen LogP contribution in [0, 0.1) is 0 Å². The molecule has 1 fully saturated rings. The quantitative estimate of drug-likeness (QED) is 0.221. The number of nitrogens with zero attached hydrogens (tertiary/aromatic N) is 3. The van der Waals surface area contributed by atoms with Gasteiger partial charge in [-0.3, -0.25) is 4.99 Å². The molecule has 0 atom stereocenters. The van der Waals surface area contributed by atoms with Crippen molar-refractivity contribution in [2.24, 2.45) is 4.99 Å². The first-order chi connectivity index (χ1) is 21.1. The normalized spacial score (nSPS) is 22.7. The molecule has 7 rings (SSSR count). The zero-order chi connectivity index (χ0) is 30.8. The summed E-state index contributed by atoms with van der Waals surface area (Å²) in [7, 11) is 6.42. The van der Waals surface area contributed by atoms with Crippen LogP contribution in [0.3, 0.4) is 0 Å². The van der Waals surface area contributed by atoms with Crippen molar-refractivity contribution in [3.05, 3.63) is 119 Å². The van der Waals surface area contributed by atoms with E-state index in [9.17, 15) is 0 Å². The van der Waals surface area contributed by atoms with Crippen LogP contribution in [0.4, 0.5) is 11.4 Å². The summed E-state index contributed by atoms with van der Waals surface area (Å²) in [6.45, 7) is 9.52. The summed E-state index contributed by atoms with van der Waals surface area (Å²) >= 11 is 0. The largest absolute Gasteiger partial charge is 0.347 e. The number of aliphatic imine (C=N–C) groups is 1. The summed E-state index contributed by atoms with van der Waals surface area (Å²) in [5.41, 5.74) is 12.1. The first-order valence-electron chi connectivity index (χ1n) is 16.1. The Morgan fingerprint density at radius 3 is 2.11 bits per heavy atom. The summed E-state index contributed by atoms with van der Waals surface area (Å²) in [4.78, 5) is 7.27. The minimum Gasteiger partial charge on any atom is -0.347 e. The lowest BCUT2D eigenvalue weighted by Gasteiger charge is -2.25. The summed E-state index contributed by atoms with van der Waals surface area (Å²) in [5, 5.41) is 5.34. The Labute approximate surface area is 262 Å². The lowest BCUT2D eigenvalue weighted by molar-refractivity contribution is -0.403. The van der Waals surface area contributed by atoms with E-state index in [1.807, 2.05) is 7.05 Å². The Morgan fingerprint density at radius 2 is 1.41 bits per heavy atom. The maximum absolute atomic E-state index is 4.89. The maximum Gasteiger partial charge on any atom is 0.209 e. The molecular formula is C41H44N3+. The van der Waals surface area contributed by atoms with E-state index in [1.165, 1.54) is 72.3 Å². The Bertz CT molecular complexity index is 1990. The highest BCUT2D eigenvalue weighted by molar-refractivity contribution is 6.14. The minimum absolute atomic E-state index is 0.0406. The van der Waals surface area contributed by atoms with Crippen LogP contribution < -0.4 is 4.90 Å². The SMILES string of the molecule is CN=C1C(=CCC2=[N+](C)c3ccc4ccccc4c3C2(C)C)CCC/C1=C\C=C1\N(C)c2ccc3ccccc3c2C1(C)C. The highest BCUT2D eigenvalue weighted by Gasteiger charge is 2.45. The average molecular weight is 579 g/mol. The molecule has 3 aliphatic rings. The number of fused-ring (bicyclic) bond motifs is 6. The molecular weight excluding hydrogens is 534 g/mol. The molecule has 2 aliphatic heterocycles. The van der Waals surface area contributed by atoms with E-state index in [0.717, 1.165) is 25.7 Å². The number of benzene rings is 4. The topological polar surface area (TPSA) is 18.6 Å². The van der Waals surface area contributed by atoms with Gasteiger partial charge in [0.15, 0.2) is 5.71 Å². The van der Waals surface area contributed by atoms with Gasteiger partial charge in [0.2, 0.25) is 5.69 Å². The van der Waals surface area contributed by atoms with Crippen molar-refractivity contribution in [1.82, 2.24) is 0 Å². The second-order valence-corrected chi connectivity index (χ2v) is 13.8. The van der Waals surface area contributed by atoms with Crippen LogP contribution in [0.5, 0.6) is 0 Å². The van der Waals surface area contributed by atoms with E-state index in [4.69, 9.17) is 4.99 Å². The molecule has 3 nitrogen and oxygen atoms in total. The molecule has 0 spiro atoms. The zero-order valence-electron chi connectivity index (χ0n) is 27.3.